The molecular formula is C15H14ClFN2O. The molecule has 5 heteroatoms. The first-order valence-electron chi connectivity index (χ1n) is 6.10. The fourth-order valence-electron chi connectivity index (χ4n) is 1.73. The van der Waals surface area contributed by atoms with E-state index in [0.29, 0.717) is 10.7 Å². The summed E-state index contributed by atoms with van der Waals surface area (Å²) in [7, 11) is 0. The summed E-state index contributed by atoms with van der Waals surface area (Å²) >= 11 is 5.90. The average molecular weight is 293 g/mol. The zero-order chi connectivity index (χ0) is 14.5. The van der Waals surface area contributed by atoms with Crippen LogP contribution < -0.4 is 10.6 Å². The molecule has 0 aliphatic carbocycles. The van der Waals surface area contributed by atoms with Gasteiger partial charge in [-0.05, 0) is 42.8 Å². The Balaban J connectivity index is 1.94. The third kappa shape index (κ3) is 3.96. The van der Waals surface area contributed by atoms with Crippen molar-refractivity contribution in [2.24, 2.45) is 0 Å². The Bertz CT molecular complexity index is 631. The van der Waals surface area contributed by atoms with Crippen molar-refractivity contribution in [2.75, 3.05) is 17.2 Å². The number of carbonyl (C=O) groups excluding carboxylic acids is 1. The summed E-state index contributed by atoms with van der Waals surface area (Å²) < 4.78 is 13.0. The Kier molecular flexibility index (Phi) is 4.58. The van der Waals surface area contributed by atoms with Crippen LogP contribution in [0.25, 0.3) is 0 Å². The molecule has 104 valence electrons. The second-order valence-electron chi connectivity index (χ2n) is 4.37. The molecule has 0 aliphatic rings. The lowest BCUT2D eigenvalue weighted by Crippen LogP contribution is -2.22. The highest BCUT2D eigenvalue weighted by atomic mass is 35.5. The largest absolute Gasteiger partial charge is 0.376 e. The van der Waals surface area contributed by atoms with Crippen LogP contribution in [0.3, 0.4) is 0 Å². The second kappa shape index (κ2) is 6.39. The molecular weight excluding hydrogens is 279 g/mol. The minimum atomic E-state index is -0.388. The number of halogens is 2. The van der Waals surface area contributed by atoms with Gasteiger partial charge in [0, 0.05) is 16.4 Å². The summed E-state index contributed by atoms with van der Waals surface area (Å²) in [6, 6.07) is 11.2. The summed E-state index contributed by atoms with van der Waals surface area (Å²) in [5.41, 5.74) is 2.22. The molecule has 0 fully saturated rings. The molecule has 20 heavy (non-hydrogen) atoms. The molecule has 0 radical (unpaired) electrons. The molecule has 1 amide bonds. The molecule has 0 saturated carbocycles. The number of hydrogen-bond acceptors (Lipinski definition) is 2. The van der Waals surface area contributed by atoms with Crippen LogP contribution in [0.1, 0.15) is 5.56 Å². The molecule has 3 nitrogen and oxygen atoms in total. The van der Waals surface area contributed by atoms with E-state index in [1.54, 1.807) is 24.3 Å². The predicted octanol–water partition coefficient (Wildman–Crippen LogP) is 3.84. The highest BCUT2D eigenvalue weighted by Gasteiger charge is 2.05. The summed E-state index contributed by atoms with van der Waals surface area (Å²) in [4.78, 5) is 11.8. The van der Waals surface area contributed by atoms with E-state index in [9.17, 15) is 9.18 Å². The Morgan fingerprint density at radius 3 is 2.80 bits per heavy atom. The summed E-state index contributed by atoms with van der Waals surface area (Å²) in [6.45, 7) is 2.00. The number of carbonyl (C=O) groups is 1. The van der Waals surface area contributed by atoms with Gasteiger partial charge >= 0.3 is 0 Å². The standard InChI is InChI=1S/C15H14ClFN2O/c1-10-5-6-11(16)7-14(10)18-9-15(20)19-13-4-2-3-12(17)8-13/h2-8,18H,9H2,1H3,(H,19,20). The van der Waals surface area contributed by atoms with Gasteiger partial charge in [-0.3, -0.25) is 4.79 Å². The fraction of sp³-hybridized carbons (Fsp3) is 0.133. The molecule has 0 aromatic heterocycles. The van der Waals surface area contributed by atoms with E-state index in [1.807, 2.05) is 13.0 Å². The van der Waals surface area contributed by atoms with Crippen molar-refractivity contribution in [2.45, 2.75) is 6.92 Å². The topological polar surface area (TPSA) is 41.1 Å². The van der Waals surface area contributed by atoms with Crippen LogP contribution in [0, 0.1) is 12.7 Å². The maximum atomic E-state index is 13.0. The zero-order valence-corrected chi connectivity index (χ0v) is 11.7. The van der Waals surface area contributed by atoms with Crippen LogP contribution >= 0.6 is 11.6 Å². The first kappa shape index (κ1) is 14.3. The number of aryl methyl sites for hydroxylation is 1. The van der Waals surface area contributed by atoms with Crippen LogP contribution in [0.15, 0.2) is 42.5 Å². The van der Waals surface area contributed by atoms with Crippen LogP contribution in [0.5, 0.6) is 0 Å². The van der Waals surface area contributed by atoms with Gasteiger partial charge in [0.15, 0.2) is 0 Å². The van der Waals surface area contributed by atoms with E-state index in [-0.39, 0.29) is 18.3 Å². The van der Waals surface area contributed by atoms with Gasteiger partial charge in [0.1, 0.15) is 5.82 Å². The van der Waals surface area contributed by atoms with Crippen molar-refractivity contribution in [1.29, 1.82) is 0 Å². The minimum Gasteiger partial charge on any atom is -0.376 e. The molecule has 0 bridgehead atoms. The molecule has 0 atom stereocenters. The van der Waals surface area contributed by atoms with E-state index < -0.39 is 0 Å². The van der Waals surface area contributed by atoms with Gasteiger partial charge in [0.05, 0.1) is 6.54 Å². The average Bonchev–Trinajstić information content (AvgIpc) is 2.40. The van der Waals surface area contributed by atoms with Crippen molar-refractivity contribution >= 4 is 28.9 Å². The number of rotatable bonds is 4. The van der Waals surface area contributed by atoms with E-state index in [1.165, 1.54) is 12.1 Å². The number of anilines is 2. The number of nitrogens with one attached hydrogen (secondary N) is 2. The lowest BCUT2D eigenvalue weighted by molar-refractivity contribution is -0.114. The zero-order valence-electron chi connectivity index (χ0n) is 10.9. The van der Waals surface area contributed by atoms with Crippen molar-refractivity contribution in [3.8, 4) is 0 Å². The van der Waals surface area contributed by atoms with E-state index in [0.717, 1.165) is 11.3 Å². The maximum absolute atomic E-state index is 13.0. The molecule has 2 aromatic rings. The van der Waals surface area contributed by atoms with Crippen LogP contribution in [0.4, 0.5) is 15.8 Å². The van der Waals surface area contributed by atoms with Crippen LogP contribution in [-0.2, 0) is 4.79 Å². The molecule has 0 spiro atoms. The van der Waals surface area contributed by atoms with E-state index >= 15 is 0 Å². The summed E-state index contributed by atoms with van der Waals surface area (Å²) in [5.74, 6) is -0.642. The maximum Gasteiger partial charge on any atom is 0.243 e. The van der Waals surface area contributed by atoms with Crippen LogP contribution in [0.2, 0.25) is 5.02 Å². The number of hydrogen-bond donors (Lipinski definition) is 2. The molecule has 2 aromatic carbocycles. The second-order valence-corrected chi connectivity index (χ2v) is 4.81. The first-order chi connectivity index (χ1) is 9.54. The lowest BCUT2D eigenvalue weighted by Gasteiger charge is -2.10. The van der Waals surface area contributed by atoms with E-state index in [4.69, 9.17) is 11.6 Å². The number of benzene rings is 2. The highest BCUT2D eigenvalue weighted by Crippen LogP contribution is 2.19. The van der Waals surface area contributed by atoms with Gasteiger partial charge in [0.2, 0.25) is 5.91 Å². The molecule has 0 saturated heterocycles. The Morgan fingerprint density at radius 2 is 2.05 bits per heavy atom. The minimum absolute atomic E-state index is 0.0810. The third-order valence-electron chi connectivity index (χ3n) is 2.75. The molecule has 0 unspecified atom stereocenters. The first-order valence-corrected chi connectivity index (χ1v) is 6.48. The molecule has 2 N–H and O–H groups in total. The van der Waals surface area contributed by atoms with Gasteiger partial charge < -0.3 is 10.6 Å². The summed E-state index contributed by atoms with van der Waals surface area (Å²) in [5, 5.41) is 6.21. The van der Waals surface area contributed by atoms with Gasteiger partial charge in [-0.15, -0.1) is 0 Å². The van der Waals surface area contributed by atoms with Crippen molar-refractivity contribution < 1.29 is 9.18 Å². The van der Waals surface area contributed by atoms with Crippen molar-refractivity contribution in [3.05, 3.63) is 58.9 Å². The fourth-order valence-corrected chi connectivity index (χ4v) is 1.90. The van der Waals surface area contributed by atoms with Gasteiger partial charge in [-0.2, -0.15) is 0 Å². The Morgan fingerprint density at radius 1 is 1.25 bits per heavy atom. The molecule has 0 aliphatic heterocycles. The Hall–Kier alpha value is -2.07. The normalized spacial score (nSPS) is 10.2. The smallest absolute Gasteiger partial charge is 0.243 e. The molecule has 0 heterocycles. The monoisotopic (exact) mass is 292 g/mol. The van der Waals surface area contributed by atoms with Gasteiger partial charge in [-0.25, -0.2) is 4.39 Å². The predicted molar refractivity (Wildman–Crippen MR) is 79.7 cm³/mol. The molecule has 2 rings (SSSR count). The summed E-state index contributed by atoms with van der Waals surface area (Å²) in [6.07, 6.45) is 0. The number of amides is 1. The van der Waals surface area contributed by atoms with Gasteiger partial charge in [-0.1, -0.05) is 23.7 Å². The van der Waals surface area contributed by atoms with Gasteiger partial charge in [0.25, 0.3) is 0 Å². The quantitative estimate of drug-likeness (QED) is 0.899. The Labute approximate surface area is 121 Å². The van der Waals surface area contributed by atoms with Crippen molar-refractivity contribution in [1.82, 2.24) is 0 Å². The highest BCUT2D eigenvalue weighted by molar-refractivity contribution is 6.30. The van der Waals surface area contributed by atoms with E-state index in [2.05, 4.69) is 10.6 Å². The van der Waals surface area contributed by atoms with Crippen LogP contribution in [-0.4, -0.2) is 12.5 Å². The SMILES string of the molecule is Cc1ccc(Cl)cc1NCC(=O)Nc1cccc(F)c1. The third-order valence-corrected chi connectivity index (χ3v) is 2.98. The lowest BCUT2D eigenvalue weighted by atomic mass is 10.2. The van der Waals surface area contributed by atoms with Crippen molar-refractivity contribution in [3.63, 3.8) is 0 Å².